The van der Waals surface area contributed by atoms with Crippen molar-refractivity contribution in [2.24, 2.45) is 0 Å². The van der Waals surface area contributed by atoms with Crippen molar-refractivity contribution in [3.05, 3.63) is 35.9 Å². The van der Waals surface area contributed by atoms with Crippen molar-refractivity contribution in [2.45, 2.75) is 57.6 Å². The Morgan fingerprint density at radius 2 is 1.95 bits per heavy atom. The number of fused-ring (bicyclic) bond motifs is 1. The SMILES string of the molecule is CCCCSc1nc2ccccc2cc1CNC(C)(C)C. The number of para-hydroxylation sites is 1. The van der Waals surface area contributed by atoms with Crippen LogP contribution < -0.4 is 5.32 Å². The Morgan fingerprint density at radius 1 is 1.19 bits per heavy atom. The number of hydrogen-bond donors (Lipinski definition) is 1. The van der Waals surface area contributed by atoms with Crippen molar-refractivity contribution < 1.29 is 0 Å². The summed E-state index contributed by atoms with van der Waals surface area (Å²) in [6.07, 6.45) is 2.47. The molecule has 0 aliphatic heterocycles. The summed E-state index contributed by atoms with van der Waals surface area (Å²) in [5, 5.41) is 5.98. The summed E-state index contributed by atoms with van der Waals surface area (Å²) in [5.41, 5.74) is 2.53. The number of benzene rings is 1. The number of rotatable bonds is 6. The van der Waals surface area contributed by atoms with Crippen LogP contribution in [-0.2, 0) is 6.54 Å². The lowest BCUT2D eigenvalue weighted by atomic mass is 10.1. The van der Waals surface area contributed by atoms with Gasteiger partial charge in [-0.2, -0.15) is 0 Å². The molecular weight excluding hydrogens is 276 g/mol. The highest BCUT2D eigenvalue weighted by Crippen LogP contribution is 2.26. The maximum Gasteiger partial charge on any atom is 0.101 e. The average molecular weight is 302 g/mol. The predicted octanol–water partition coefficient (Wildman–Crippen LogP) is 5.02. The van der Waals surface area contributed by atoms with Crippen LogP contribution in [0.25, 0.3) is 10.9 Å². The zero-order chi connectivity index (χ0) is 15.3. The zero-order valence-corrected chi connectivity index (χ0v) is 14.4. The largest absolute Gasteiger partial charge is 0.308 e. The molecule has 1 N–H and O–H groups in total. The first kappa shape index (κ1) is 16.3. The third-order valence-electron chi connectivity index (χ3n) is 3.31. The second-order valence-corrected chi connectivity index (χ2v) is 7.53. The van der Waals surface area contributed by atoms with Gasteiger partial charge in [-0.1, -0.05) is 31.5 Å². The predicted molar refractivity (Wildman–Crippen MR) is 94.0 cm³/mol. The van der Waals surface area contributed by atoms with Gasteiger partial charge in [-0.3, -0.25) is 0 Å². The Balaban J connectivity index is 2.27. The highest BCUT2D eigenvalue weighted by molar-refractivity contribution is 7.99. The van der Waals surface area contributed by atoms with E-state index in [1.807, 2.05) is 11.8 Å². The molecule has 2 rings (SSSR count). The molecule has 1 aromatic carbocycles. The molecule has 114 valence electrons. The number of nitrogens with one attached hydrogen (secondary N) is 1. The molecule has 0 spiro atoms. The smallest absolute Gasteiger partial charge is 0.101 e. The van der Waals surface area contributed by atoms with Crippen LogP contribution in [0.3, 0.4) is 0 Å². The van der Waals surface area contributed by atoms with Crippen molar-refractivity contribution in [3.63, 3.8) is 0 Å². The van der Waals surface area contributed by atoms with Gasteiger partial charge in [-0.05, 0) is 50.6 Å². The number of aromatic nitrogens is 1. The lowest BCUT2D eigenvalue weighted by Gasteiger charge is -2.21. The zero-order valence-electron chi connectivity index (χ0n) is 13.6. The standard InChI is InChI=1S/C18H26N2S/c1-5-6-11-21-17-15(13-19-18(2,3)4)12-14-9-7-8-10-16(14)20-17/h7-10,12,19H,5-6,11,13H2,1-4H3. The molecule has 0 atom stereocenters. The van der Waals surface area contributed by atoms with Crippen molar-refractivity contribution in [3.8, 4) is 0 Å². The molecule has 0 aliphatic rings. The minimum atomic E-state index is 0.122. The summed E-state index contributed by atoms with van der Waals surface area (Å²) >= 11 is 1.89. The average Bonchev–Trinajstić information content (AvgIpc) is 2.44. The van der Waals surface area contributed by atoms with Crippen molar-refractivity contribution in [2.75, 3.05) is 5.75 Å². The van der Waals surface area contributed by atoms with Crippen molar-refractivity contribution in [1.29, 1.82) is 0 Å². The number of pyridine rings is 1. The van der Waals surface area contributed by atoms with E-state index in [1.54, 1.807) is 0 Å². The molecule has 2 nitrogen and oxygen atoms in total. The summed E-state index contributed by atoms with van der Waals surface area (Å²) in [6.45, 7) is 9.70. The molecule has 0 unspecified atom stereocenters. The first-order valence-electron chi connectivity index (χ1n) is 7.76. The van der Waals surface area contributed by atoms with Gasteiger partial charge >= 0.3 is 0 Å². The van der Waals surface area contributed by atoms with Gasteiger partial charge < -0.3 is 5.32 Å². The van der Waals surface area contributed by atoms with Gasteiger partial charge in [-0.25, -0.2) is 4.98 Å². The molecule has 0 fully saturated rings. The van der Waals surface area contributed by atoms with Crippen LogP contribution in [0, 0.1) is 0 Å². The second-order valence-electron chi connectivity index (χ2n) is 6.45. The summed E-state index contributed by atoms with van der Waals surface area (Å²) < 4.78 is 0. The molecule has 1 heterocycles. The second kappa shape index (κ2) is 7.28. The molecule has 0 bridgehead atoms. The molecule has 0 saturated carbocycles. The Bertz CT molecular complexity index is 587. The number of nitrogens with zero attached hydrogens (tertiary/aromatic N) is 1. The Morgan fingerprint density at radius 3 is 2.67 bits per heavy atom. The van der Waals surface area contributed by atoms with E-state index in [4.69, 9.17) is 4.98 Å². The van der Waals surface area contributed by atoms with E-state index in [0.717, 1.165) is 17.8 Å². The lowest BCUT2D eigenvalue weighted by molar-refractivity contribution is 0.422. The number of unbranched alkanes of at least 4 members (excludes halogenated alkanes) is 1. The topological polar surface area (TPSA) is 24.9 Å². The van der Waals surface area contributed by atoms with Gasteiger partial charge in [0.1, 0.15) is 5.03 Å². The summed E-state index contributed by atoms with van der Waals surface area (Å²) in [5.74, 6) is 1.14. The molecular formula is C18H26N2S. The quantitative estimate of drug-likeness (QED) is 0.599. The molecule has 1 aromatic heterocycles. The molecule has 2 aromatic rings. The summed E-state index contributed by atoms with van der Waals surface area (Å²) in [7, 11) is 0. The van der Waals surface area contributed by atoms with Gasteiger partial charge in [-0.15, -0.1) is 11.8 Å². The summed E-state index contributed by atoms with van der Waals surface area (Å²) in [6, 6.07) is 10.7. The first-order chi connectivity index (χ1) is 9.99. The van der Waals surface area contributed by atoms with Gasteiger partial charge in [0.2, 0.25) is 0 Å². The van der Waals surface area contributed by atoms with E-state index >= 15 is 0 Å². The maximum absolute atomic E-state index is 4.87. The fourth-order valence-electron chi connectivity index (χ4n) is 2.07. The highest BCUT2D eigenvalue weighted by atomic mass is 32.2. The Hall–Kier alpha value is -1.06. The lowest BCUT2D eigenvalue weighted by Crippen LogP contribution is -2.35. The van der Waals surface area contributed by atoms with E-state index < -0.39 is 0 Å². The molecule has 0 amide bonds. The van der Waals surface area contributed by atoms with E-state index in [-0.39, 0.29) is 5.54 Å². The van der Waals surface area contributed by atoms with E-state index in [0.29, 0.717) is 0 Å². The normalized spacial score (nSPS) is 12.0. The third kappa shape index (κ3) is 5.01. The van der Waals surface area contributed by atoms with Crippen molar-refractivity contribution >= 4 is 22.7 Å². The fraction of sp³-hybridized carbons (Fsp3) is 0.500. The molecule has 21 heavy (non-hydrogen) atoms. The van der Waals surface area contributed by atoms with Crippen LogP contribution in [0.5, 0.6) is 0 Å². The highest BCUT2D eigenvalue weighted by Gasteiger charge is 2.12. The van der Waals surface area contributed by atoms with E-state index in [1.165, 1.54) is 28.8 Å². The van der Waals surface area contributed by atoms with Crippen molar-refractivity contribution in [1.82, 2.24) is 10.3 Å². The van der Waals surface area contributed by atoms with Gasteiger partial charge in [0, 0.05) is 17.5 Å². The van der Waals surface area contributed by atoms with Gasteiger partial charge in [0.15, 0.2) is 0 Å². The van der Waals surface area contributed by atoms with Crippen LogP contribution in [0.15, 0.2) is 35.4 Å². The van der Waals surface area contributed by atoms with Gasteiger partial charge in [0.25, 0.3) is 0 Å². The van der Waals surface area contributed by atoms with Crippen LogP contribution in [0.2, 0.25) is 0 Å². The molecule has 0 saturated heterocycles. The molecule has 3 heteroatoms. The van der Waals surface area contributed by atoms with Crippen LogP contribution in [-0.4, -0.2) is 16.3 Å². The fourth-order valence-corrected chi connectivity index (χ4v) is 3.17. The molecule has 0 aliphatic carbocycles. The summed E-state index contributed by atoms with van der Waals surface area (Å²) in [4.78, 5) is 4.87. The van der Waals surface area contributed by atoms with Crippen LogP contribution in [0.1, 0.15) is 46.1 Å². The monoisotopic (exact) mass is 302 g/mol. The Kier molecular flexibility index (Phi) is 5.65. The van der Waals surface area contributed by atoms with Gasteiger partial charge in [0.05, 0.1) is 5.52 Å². The Labute approximate surface area is 132 Å². The first-order valence-corrected chi connectivity index (χ1v) is 8.74. The minimum absolute atomic E-state index is 0.122. The number of thioether (sulfide) groups is 1. The molecule has 0 radical (unpaired) electrons. The van der Waals surface area contributed by atoms with E-state index in [2.05, 4.69) is 63.3 Å². The van der Waals surface area contributed by atoms with E-state index in [9.17, 15) is 0 Å². The minimum Gasteiger partial charge on any atom is -0.308 e. The van der Waals surface area contributed by atoms with Crippen LogP contribution in [0.4, 0.5) is 0 Å². The number of hydrogen-bond acceptors (Lipinski definition) is 3. The maximum atomic E-state index is 4.87. The van der Waals surface area contributed by atoms with Crippen LogP contribution >= 0.6 is 11.8 Å². The third-order valence-corrected chi connectivity index (χ3v) is 4.43.